The summed E-state index contributed by atoms with van der Waals surface area (Å²) in [5, 5.41) is 13.8. The van der Waals surface area contributed by atoms with Crippen molar-refractivity contribution in [3.63, 3.8) is 0 Å². The van der Waals surface area contributed by atoms with Gasteiger partial charge in [0.25, 0.3) is 0 Å². The van der Waals surface area contributed by atoms with E-state index in [0.29, 0.717) is 58.5 Å². The van der Waals surface area contributed by atoms with Crippen LogP contribution in [0.15, 0.2) is 30.3 Å². The number of esters is 1. The van der Waals surface area contributed by atoms with Crippen molar-refractivity contribution < 1.29 is 52.5 Å². The fourth-order valence-electron chi connectivity index (χ4n) is 5.77. The number of carbonyl (C=O) groups is 6. The predicted octanol–water partition coefficient (Wildman–Crippen LogP) is 5.85. The van der Waals surface area contributed by atoms with Crippen LogP contribution >= 0.6 is 0 Å². The summed E-state index contributed by atoms with van der Waals surface area (Å²) in [4.78, 5) is 72.7. The molecule has 0 heterocycles. The second kappa shape index (κ2) is 32.3. The SMILES string of the molecule is CCOC(=O)NCCCNC(=O)CCOCC(COCCC(=O)NCCCNC(=O)OC(C)(C)C)NC(=O)CCCCC(C)(C)CCCCCC(=O)OCc1ccccc1. The van der Waals surface area contributed by atoms with Crippen LogP contribution in [0.25, 0.3) is 0 Å². The molecule has 0 spiro atoms. The zero-order valence-corrected chi connectivity index (χ0v) is 37.2. The quantitative estimate of drug-likeness (QED) is 0.0322. The van der Waals surface area contributed by atoms with Crippen LogP contribution in [0.1, 0.15) is 131 Å². The molecular weight excluding hydrogens is 775 g/mol. The lowest BCUT2D eigenvalue weighted by atomic mass is 9.82. The number of rotatable bonds is 33. The van der Waals surface area contributed by atoms with Gasteiger partial charge in [-0.1, -0.05) is 63.4 Å². The van der Waals surface area contributed by atoms with Crippen molar-refractivity contribution in [2.24, 2.45) is 5.41 Å². The average Bonchev–Trinajstić information content (AvgIpc) is 3.18. The fraction of sp³-hybridized carbons (Fsp3) is 0.727. The van der Waals surface area contributed by atoms with E-state index in [1.807, 2.05) is 30.3 Å². The molecule has 0 aliphatic carbocycles. The molecular formula is C44H75N5O11. The van der Waals surface area contributed by atoms with E-state index in [9.17, 15) is 28.8 Å². The Bertz CT molecular complexity index is 1370. The first-order valence-electron chi connectivity index (χ1n) is 21.6. The summed E-state index contributed by atoms with van der Waals surface area (Å²) in [6.07, 6.45) is 7.48. The maximum atomic E-state index is 13.0. The van der Waals surface area contributed by atoms with Gasteiger partial charge < -0.3 is 50.3 Å². The van der Waals surface area contributed by atoms with Gasteiger partial charge in [0.1, 0.15) is 12.2 Å². The Morgan fingerprint density at radius 2 is 1.12 bits per heavy atom. The average molecular weight is 850 g/mol. The Balaban J connectivity index is 2.40. The lowest BCUT2D eigenvalue weighted by Gasteiger charge is -2.24. The van der Waals surface area contributed by atoms with E-state index in [-0.39, 0.29) is 75.0 Å². The summed E-state index contributed by atoms with van der Waals surface area (Å²) >= 11 is 0. The van der Waals surface area contributed by atoms with Gasteiger partial charge in [-0.25, -0.2) is 9.59 Å². The van der Waals surface area contributed by atoms with Crippen LogP contribution in [-0.2, 0) is 49.5 Å². The van der Waals surface area contributed by atoms with E-state index in [4.69, 9.17) is 23.7 Å². The second-order valence-corrected chi connectivity index (χ2v) is 16.5. The van der Waals surface area contributed by atoms with Crippen LogP contribution in [0, 0.1) is 5.41 Å². The molecule has 0 aliphatic rings. The molecule has 1 rings (SSSR count). The zero-order valence-electron chi connectivity index (χ0n) is 37.2. The molecule has 60 heavy (non-hydrogen) atoms. The van der Waals surface area contributed by atoms with Gasteiger partial charge in [0, 0.05) is 51.9 Å². The Kier molecular flexibility index (Phi) is 28.9. The van der Waals surface area contributed by atoms with E-state index in [1.54, 1.807) is 27.7 Å². The van der Waals surface area contributed by atoms with Gasteiger partial charge in [0.05, 0.1) is 39.1 Å². The molecule has 1 unspecified atom stereocenters. The lowest BCUT2D eigenvalue weighted by molar-refractivity contribution is -0.145. The van der Waals surface area contributed by atoms with E-state index < -0.39 is 23.8 Å². The number of amides is 5. The first-order valence-corrected chi connectivity index (χ1v) is 21.6. The summed E-state index contributed by atoms with van der Waals surface area (Å²) in [5.74, 6) is -0.696. The minimum absolute atomic E-state index is 0.115. The smallest absolute Gasteiger partial charge is 0.407 e. The first-order chi connectivity index (χ1) is 28.6. The molecule has 1 aromatic rings. The van der Waals surface area contributed by atoms with E-state index in [1.165, 1.54) is 0 Å². The van der Waals surface area contributed by atoms with Gasteiger partial charge >= 0.3 is 18.2 Å². The maximum Gasteiger partial charge on any atom is 0.407 e. The molecule has 16 nitrogen and oxygen atoms in total. The van der Waals surface area contributed by atoms with E-state index in [0.717, 1.165) is 50.5 Å². The minimum Gasteiger partial charge on any atom is -0.461 e. The van der Waals surface area contributed by atoms with Crippen LogP contribution in [-0.4, -0.2) is 107 Å². The molecule has 5 N–H and O–H groups in total. The Labute approximate surface area is 358 Å². The molecule has 0 fully saturated rings. The molecule has 1 aromatic carbocycles. The Morgan fingerprint density at radius 1 is 0.583 bits per heavy atom. The summed E-state index contributed by atoms with van der Waals surface area (Å²) < 4.78 is 26.9. The van der Waals surface area contributed by atoms with Crippen LogP contribution in [0.4, 0.5) is 9.59 Å². The van der Waals surface area contributed by atoms with Crippen LogP contribution in [0.2, 0.25) is 0 Å². The Hall–Kier alpha value is -4.44. The molecule has 0 saturated heterocycles. The normalized spacial score (nSPS) is 11.8. The van der Waals surface area contributed by atoms with E-state index in [2.05, 4.69) is 40.4 Å². The molecule has 0 saturated carbocycles. The summed E-state index contributed by atoms with van der Waals surface area (Å²) in [6, 6.07) is 9.17. The van der Waals surface area contributed by atoms with Gasteiger partial charge in [-0.2, -0.15) is 0 Å². The molecule has 342 valence electrons. The number of unbranched alkanes of at least 4 members (excludes halogenated alkanes) is 3. The van der Waals surface area contributed by atoms with Gasteiger partial charge in [-0.15, -0.1) is 0 Å². The van der Waals surface area contributed by atoms with Crippen molar-refractivity contribution in [3.8, 4) is 0 Å². The minimum atomic E-state index is -0.583. The molecule has 0 aliphatic heterocycles. The molecule has 1 atom stereocenters. The van der Waals surface area contributed by atoms with E-state index >= 15 is 0 Å². The zero-order chi connectivity index (χ0) is 44.5. The fourth-order valence-corrected chi connectivity index (χ4v) is 5.77. The second-order valence-electron chi connectivity index (χ2n) is 16.5. The highest BCUT2D eigenvalue weighted by molar-refractivity contribution is 5.77. The summed E-state index contributed by atoms with van der Waals surface area (Å²) in [5.41, 5.74) is 0.511. The maximum absolute atomic E-state index is 13.0. The third-order valence-corrected chi connectivity index (χ3v) is 9.00. The number of ether oxygens (including phenoxy) is 5. The largest absolute Gasteiger partial charge is 0.461 e. The van der Waals surface area contributed by atoms with Crippen molar-refractivity contribution >= 4 is 35.9 Å². The molecule has 0 aromatic heterocycles. The summed E-state index contributed by atoms with van der Waals surface area (Å²) in [7, 11) is 0. The Morgan fingerprint density at radius 3 is 1.68 bits per heavy atom. The monoisotopic (exact) mass is 850 g/mol. The lowest BCUT2D eigenvalue weighted by Crippen LogP contribution is -2.42. The molecule has 5 amide bonds. The van der Waals surface area contributed by atoms with Crippen LogP contribution < -0.4 is 26.6 Å². The van der Waals surface area contributed by atoms with Gasteiger partial charge in [0.2, 0.25) is 17.7 Å². The van der Waals surface area contributed by atoms with Crippen LogP contribution in [0.3, 0.4) is 0 Å². The number of carbonyl (C=O) groups excluding carboxylic acids is 6. The van der Waals surface area contributed by atoms with Gasteiger partial charge in [0.15, 0.2) is 0 Å². The third-order valence-electron chi connectivity index (χ3n) is 9.00. The van der Waals surface area contributed by atoms with Crippen molar-refractivity contribution in [2.45, 2.75) is 143 Å². The molecule has 0 radical (unpaired) electrons. The number of alkyl carbamates (subject to hydrolysis) is 2. The number of nitrogens with one attached hydrogen (secondary N) is 5. The van der Waals surface area contributed by atoms with Gasteiger partial charge in [-0.05, 0) is 77.2 Å². The highest BCUT2D eigenvalue weighted by atomic mass is 16.6. The predicted molar refractivity (Wildman–Crippen MR) is 229 cm³/mol. The number of benzene rings is 1. The summed E-state index contributed by atoms with van der Waals surface area (Å²) in [6.45, 7) is 14.2. The molecule has 0 bridgehead atoms. The van der Waals surface area contributed by atoms with Gasteiger partial charge in [-0.3, -0.25) is 19.2 Å². The highest BCUT2D eigenvalue weighted by Crippen LogP contribution is 2.30. The third kappa shape index (κ3) is 32.4. The number of hydrogen-bond acceptors (Lipinski definition) is 11. The van der Waals surface area contributed by atoms with Crippen molar-refractivity contribution in [3.05, 3.63) is 35.9 Å². The van der Waals surface area contributed by atoms with Crippen LogP contribution in [0.5, 0.6) is 0 Å². The highest BCUT2D eigenvalue weighted by Gasteiger charge is 2.19. The van der Waals surface area contributed by atoms with Crippen molar-refractivity contribution in [1.29, 1.82) is 0 Å². The first kappa shape index (κ1) is 53.6. The van der Waals surface area contributed by atoms with Crippen molar-refractivity contribution in [2.75, 3.05) is 59.2 Å². The topological polar surface area (TPSA) is 209 Å². The standard InChI is InChI=1S/C44H75N5O11/c1-7-58-41(54)47-28-16-26-45-37(50)22-30-56-33-36(34-57-31-23-38(51)46-27-17-29-48-42(55)60-43(2,3)4)49-39(52)20-13-15-25-44(5,6)24-14-9-12-21-40(53)59-32-35-18-10-8-11-19-35/h8,10-11,18-19,36H,7,9,12-17,20-34H2,1-6H3,(H,45,50)(H,46,51)(H,47,54)(H,48,55)(H,49,52). The number of hydrogen-bond donors (Lipinski definition) is 5. The van der Waals surface area contributed by atoms with Crippen molar-refractivity contribution in [1.82, 2.24) is 26.6 Å². The molecule has 16 heteroatoms.